The van der Waals surface area contributed by atoms with Crippen LogP contribution in [0.15, 0.2) is 24.5 Å². The van der Waals surface area contributed by atoms with E-state index in [9.17, 15) is 4.79 Å². The maximum Gasteiger partial charge on any atom is 0.323 e. The van der Waals surface area contributed by atoms with Gasteiger partial charge in [-0.25, -0.2) is 4.79 Å². The Morgan fingerprint density at radius 3 is 3.20 bits per heavy atom. The van der Waals surface area contributed by atoms with Gasteiger partial charge in [0.1, 0.15) is 0 Å². The first-order valence-corrected chi connectivity index (χ1v) is 7.22. The fourth-order valence-electron chi connectivity index (χ4n) is 2.50. The number of hydrogen-bond acceptors (Lipinski definition) is 5. The Balaban J connectivity index is 1.65. The van der Waals surface area contributed by atoms with E-state index >= 15 is 0 Å². The molecule has 0 aliphatic carbocycles. The highest BCUT2D eigenvalue weighted by atomic mass is 32.1. The average Bonchev–Trinajstić information content (AvgIpc) is 3.10. The number of pyridine rings is 1. The van der Waals surface area contributed by atoms with Gasteiger partial charge in [-0.3, -0.25) is 10.3 Å². The molecule has 1 aliphatic rings. The SMILES string of the molecule is Cc1cccnc1C1CCN(C(=O)Nc2cnsn2)C1. The molecule has 1 aliphatic heterocycles. The van der Waals surface area contributed by atoms with E-state index in [4.69, 9.17) is 0 Å². The van der Waals surface area contributed by atoms with Gasteiger partial charge < -0.3 is 4.90 Å². The summed E-state index contributed by atoms with van der Waals surface area (Å²) in [7, 11) is 0. The van der Waals surface area contributed by atoms with Crippen LogP contribution < -0.4 is 5.32 Å². The third-order valence-corrected chi connectivity index (χ3v) is 3.99. The molecular formula is C13H15N5OS. The van der Waals surface area contributed by atoms with Crippen LogP contribution in [0.25, 0.3) is 0 Å². The fourth-order valence-corrected chi connectivity index (χ4v) is 2.88. The molecule has 0 spiro atoms. The highest BCUT2D eigenvalue weighted by Crippen LogP contribution is 2.27. The topological polar surface area (TPSA) is 71.0 Å². The Labute approximate surface area is 121 Å². The van der Waals surface area contributed by atoms with Crippen LogP contribution in [-0.4, -0.2) is 37.8 Å². The molecule has 6 nitrogen and oxygen atoms in total. The highest BCUT2D eigenvalue weighted by molar-refractivity contribution is 6.99. The number of likely N-dealkylation sites (tertiary alicyclic amines) is 1. The zero-order valence-corrected chi connectivity index (χ0v) is 11.9. The number of nitrogens with zero attached hydrogens (tertiary/aromatic N) is 4. The van der Waals surface area contributed by atoms with Crippen molar-refractivity contribution in [3.05, 3.63) is 35.8 Å². The molecule has 1 unspecified atom stereocenters. The van der Waals surface area contributed by atoms with E-state index in [0.29, 0.717) is 18.3 Å². The molecule has 0 radical (unpaired) electrons. The Kier molecular flexibility index (Phi) is 3.60. The molecule has 0 aromatic carbocycles. The Morgan fingerprint density at radius 1 is 1.55 bits per heavy atom. The number of rotatable bonds is 2. The number of nitrogens with one attached hydrogen (secondary N) is 1. The van der Waals surface area contributed by atoms with Crippen molar-refractivity contribution >= 4 is 23.6 Å². The van der Waals surface area contributed by atoms with Crippen molar-refractivity contribution in [1.29, 1.82) is 0 Å². The Hall–Kier alpha value is -2.02. The summed E-state index contributed by atoms with van der Waals surface area (Å²) in [6.45, 7) is 3.50. The Morgan fingerprint density at radius 2 is 2.45 bits per heavy atom. The molecular weight excluding hydrogens is 274 g/mol. The minimum atomic E-state index is -0.117. The average molecular weight is 289 g/mol. The predicted molar refractivity (Wildman–Crippen MR) is 76.8 cm³/mol. The lowest BCUT2D eigenvalue weighted by molar-refractivity contribution is 0.222. The van der Waals surface area contributed by atoms with Crippen LogP contribution in [-0.2, 0) is 0 Å². The molecule has 1 N–H and O–H groups in total. The van der Waals surface area contributed by atoms with Crippen molar-refractivity contribution in [3.8, 4) is 0 Å². The summed E-state index contributed by atoms with van der Waals surface area (Å²) in [5.41, 5.74) is 2.28. The summed E-state index contributed by atoms with van der Waals surface area (Å²) >= 11 is 1.08. The number of hydrogen-bond donors (Lipinski definition) is 1. The van der Waals surface area contributed by atoms with Crippen LogP contribution in [0.4, 0.5) is 10.6 Å². The van der Waals surface area contributed by atoms with E-state index in [1.54, 1.807) is 11.1 Å². The van der Waals surface area contributed by atoms with Crippen molar-refractivity contribution in [2.75, 3.05) is 18.4 Å². The number of aromatic nitrogens is 3. The van der Waals surface area contributed by atoms with E-state index < -0.39 is 0 Å². The van der Waals surface area contributed by atoms with Crippen molar-refractivity contribution < 1.29 is 4.79 Å². The zero-order valence-electron chi connectivity index (χ0n) is 11.1. The van der Waals surface area contributed by atoms with E-state index in [0.717, 1.165) is 30.4 Å². The van der Waals surface area contributed by atoms with Crippen LogP contribution in [0.1, 0.15) is 23.6 Å². The van der Waals surface area contributed by atoms with Crippen molar-refractivity contribution in [1.82, 2.24) is 18.6 Å². The van der Waals surface area contributed by atoms with Crippen LogP contribution in [0.5, 0.6) is 0 Å². The molecule has 0 bridgehead atoms. The zero-order chi connectivity index (χ0) is 13.9. The first-order valence-electron chi connectivity index (χ1n) is 6.49. The summed E-state index contributed by atoms with van der Waals surface area (Å²) in [6.07, 6.45) is 4.31. The summed E-state index contributed by atoms with van der Waals surface area (Å²) in [4.78, 5) is 18.4. The lowest BCUT2D eigenvalue weighted by atomic mass is 10.0. The standard InChI is InChI=1S/C13H15N5OS/c1-9-3-2-5-14-12(9)10-4-6-18(8-10)13(19)16-11-7-15-20-17-11/h2-3,5,7,10H,4,6,8H2,1H3,(H,16,17,19). The number of urea groups is 1. The van der Waals surface area contributed by atoms with Crippen LogP contribution >= 0.6 is 11.7 Å². The molecule has 2 aromatic rings. The second-order valence-electron chi connectivity index (χ2n) is 4.86. The normalized spacial score (nSPS) is 18.2. The van der Waals surface area contributed by atoms with E-state index in [1.807, 2.05) is 12.3 Å². The van der Waals surface area contributed by atoms with Gasteiger partial charge in [0, 0.05) is 30.9 Å². The van der Waals surface area contributed by atoms with Crippen molar-refractivity contribution in [3.63, 3.8) is 0 Å². The van der Waals surface area contributed by atoms with E-state index in [-0.39, 0.29) is 6.03 Å². The first-order chi connectivity index (χ1) is 9.74. The third kappa shape index (κ3) is 2.62. The van der Waals surface area contributed by atoms with Crippen molar-refractivity contribution in [2.45, 2.75) is 19.3 Å². The number of carbonyl (C=O) groups is 1. The second kappa shape index (κ2) is 5.54. The minimum Gasteiger partial charge on any atom is -0.324 e. The monoisotopic (exact) mass is 289 g/mol. The number of aryl methyl sites for hydroxylation is 1. The summed E-state index contributed by atoms with van der Waals surface area (Å²) < 4.78 is 7.84. The van der Waals surface area contributed by atoms with E-state index in [2.05, 4.69) is 32.0 Å². The van der Waals surface area contributed by atoms with Gasteiger partial charge in [0.15, 0.2) is 5.82 Å². The molecule has 20 heavy (non-hydrogen) atoms. The molecule has 1 saturated heterocycles. The van der Waals surface area contributed by atoms with Gasteiger partial charge in [0.25, 0.3) is 0 Å². The molecule has 7 heteroatoms. The number of amides is 2. The van der Waals surface area contributed by atoms with Crippen LogP contribution in [0.2, 0.25) is 0 Å². The number of anilines is 1. The van der Waals surface area contributed by atoms with Gasteiger partial charge in [-0.1, -0.05) is 6.07 Å². The maximum atomic E-state index is 12.1. The summed E-state index contributed by atoms with van der Waals surface area (Å²) in [5, 5.41) is 2.75. The third-order valence-electron chi connectivity index (χ3n) is 3.51. The largest absolute Gasteiger partial charge is 0.324 e. The van der Waals surface area contributed by atoms with E-state index in [1.165, 1.54) is 5.56 Å². The molecule has 1 fully saturated rings. The van der Waals surface area contributed by atoms with Gasteiger partial charge in [-0.15, -0.1) is 0 Å². The number of carbonyl (C=O) groups excluding carboxylic acids is 1. The van der Waals surface area contributed by atoms with Gasteiger partial charge in [-0.2, -0.15) is 8.75 Å². The molecule has 1 atom stereocenters. The molecule has 3 heterocycles. The molecule has 3 rings (SSSR count). The van der Waals surface area contributed by atoms with Gasteiger partial charge in [-0.05, 0) is 25.0 Å². The lowest BCUT2D eigenvalue weighted by Crippen LogP contribution is -2.33. The smallest absolute Gasteiger partial charge is 0.323 e. The lowest BCUT2D eigenvalue weighted by Gasteiger charge is -2.16. The van der Waals surface area contributed by atoms with Crippen LogP contribution in [0.3, 0.4) is 0 Å². The maximum absolute atomic E-state index is 12.1. The van der Waals surface area contributed by atoms with Gasteiger partial charge in [0.2, 0.25) is 0 Å². The minimum absolute atomic E-state index is 0.117. The molecule has 2 aromatic heterocycles. The highest BCUT2D eigenvalue weighted by Gasteiger charge is 2.29. The van der Waals surface area contributed by atoms with Crippen molar-refractivity contribution in [2.24, 2.45) is 0 Å². The molecule has 0 saturated carbocycles. The second-order valence-corrected chi connectivity index (χ2v) is 5.42. The quantitative estimate of drug-likeness (QED) is 0.920. The molecule has 104 valence electrons. The van der Waals surface area contributed by atoms with Gasteiger partial charge >= 0.3 is 6.03 Å². The summed E-state index contributed by atoms with van der Waals surface area (Å²) in [5.74, 6) is 0.827. The fraction of sp³-hybridized carbons (Fsp3) is 0.385. The summed E-state index contributed by atoms with van der Waals surface area (Å²) in [6, 6.07) is 3.88. The molecule has 2 amide bonds. The predicted octanol–water partition coefficient (Wildman–Crippen LogP) is 2.26. The Bertz CT molecular complexity index is 601. The van der Waals surface area contributed by atoms with Crippen LogP contribution in [0, 0.1) is 6.92 Å². The first kappa shape index (κ1) is 13.0. The van der Waals surface area contributed by atoms with Gasteiger partial charge in [0.05, 0.1) is 17.9 Å².